The normalized spacial score (nSPS) is 11.1. The predicted octanol–water partition coefficient (Wildman–Crippen LogP) is -0.254. The van der Waals surface area contributed by atoms with Crippen molar-refractivity contribution in [2.24, 2.45) is 11.5 Å². The second-order valence-corrected chi connectivity index (χ2v) is 2.87. The van der Waals surface area contributed by atoms with E-state index >= 15 is 0 Å². The molecular weight excluding hydrogens is 196 g/mol. The molecule has 0 aliphatic carbocycles. The maximum Gasteiger partial charge on any atom is 0.249 e. The van der Waals surface area contributed by atoms with Gasteiger partial charge in [0.05, 0.1) is 5.57 Å². The number of nitrogens with two attached hydrogens (primary N) is 2. The molecule has 5 heteroatoms. The summed E-state index contributed by atoms with van der Waals surface area (Å²) in [4.78, 5) is 21.6. The van der Waals surface area contributed by atoms with Gasteiger partial charge in [-0.15, -0.1) is 0 Å². The van der Waals surface area contributed by atoms with E-state index in [1.54, 1.807) is 0 Å². The summed E-state index contributed by atoms with van der Waals surface area (Å²) in [5, 5.41) is 9.03. The smallest absolute Gasteiger partial charge is 0.249 e. The third-order valence-corrected chi connectivity index (χ3v) is 1.73. The van der Waals surface area contributed by atoms with E-state index in [2.05, 4.69) is 0 Å². The summed E-state index contributed by atoms with van der Waals surface area (Å²) in [6.07, 6.45) is 0.953. The van der Waals surface area contributed by atoms with Crippen molar-refractivity contribution < 1.29 is 14.7 Å². The van der Waals surface area contributed by atoms with Crippen molar-refractivity contribution >= 4 is 17.4 Å². The molecule has 1 aromatic rings. The van der Waals surface area contributed by atoms with Crippen molar-refractivity contribution in [1.82, 2.24) is 0 Å². The molecule has 1 aromatic carbocycles. The van der Waals surface area contributed by atoms with E-state index in [0.29, 0.717) is 5.56 Å². The number of rotatable bonds is 3. The van der Waals surface area contributed by atoms with Crippen LogP contribution in [0.3, 0.4) is 0 Å². The lowest BCUT2D eigenvalue weighted by Gasteiger charge is -2.02. The number of hydrogen-bond donors (Lipinski definition) is 3. The Hall–Kier alpha value is -2.30. The van der Waals surface area contributed by atoms with Crippen LogP contribution >= 0.6 is 0 Å². The second kappa shape index (κ2) is 4.28. The number of phenols is 1. The molecule has 15 heavy (non-hydrogen) atoms. The number of hydrogen-bond acceptors (Lipinski definition) is 3. The standard InChI is InChI=1S/C10H10N2O3/c11-9(14)5-8(10(12)15)6-1-3-7(13)4-2-6/h1-5,13H,(H2,11,14)(H2,12,15)/b8-5-. The maximum absolute atomic E-state index is 11.0. The van der Waals surface area contributed by atoms with Crippen molar-refractivity contribution in [3.8, 4) is 5.75 Å². The molecule has 0 aromatic heterocycles. The highest BCUT2D eigenvalue weighted by atomic mass is 16.3. The number of phenolic OH excluding ortho intramolecular Hbond substituents is 1. The number of amides is 2. The fourth-order valence-electron chi connectivity index (χ4n) is 1.08. The van der Waals surface area contributed by atoms with E-state index < -0.39 is 11.8 Å². The highest BCUT2D eigenvalue weighted by Gasteiger charge is 2.09. The van der Waals surface area contributed by atoms with Gasteiger partial charge < -0.3 is 16.6 Å². The summed E-state index contributed by atoms with van der Waals surface area (Å²) < 4.78 is 0. The number of primary amides is 2. The van der Waals surface area contributed by atoms with Gasteiger partial charge in [0.15, 0.2) is 0 Å². The summed E-state index contributed by atoms with van der Waals surface area (Å²) in [7, 11) is 0. The summed E-state index contributed by atoms with van der Waals surface area (Å²) in [5.74, 6) is -1.45. The molecule has 0 aliphatic rings. The van der Waals surface area contributed by atoms with E-state index in [-0.39, 0.29) is 11.3 Å². The highest BCUT2D eigenvalue weighted by Crippen LogP contribution is 2.17. The first-order valence-corrected chi connectivity index (χ1v) is 4.11. The van der Waals surface area contributed by atoms with E-state index in [9.17, 15) is 9.59 Å². The molecule has 5 nitrogen and oxygen atoms in total. The van der Waals surface area contributed by atoms with Crippen LogP contribution in [0.15, 0.2) is 30.3 Å². The van der Waals surface area contributed by atoms with Crippen molar-refractivity contribution in [2.75, 3.05) is 0 Å². The van der Waals surface area contributed by atoms with Gasteiger partial charge in [-0.05, 0) is 17.7 Å². The van der Waals surface area contributed by atoms with Crippen LogP contribution in [0.25, 0.3) is 5.57 Å². The lowest BCUT2D eigenvalue weighted by molar-refractivity contribution is -0.115. The summed E-state index contributed by atoms with van der Waals surface area (Å²) in [5.41, 5.74) is 10.4. The van der Waals surface area contributed by atoms with Gasteiger partial charge in [0.25, 0.3) is 0 Å². The molecule has 1 rings (SSSR count). The minimum absolute atomic E-state index is 0.0162. The minimum atomic E-state index is -0.753. The molecule has 0 saturated heterocycles. The van der Waals surface area contributed by atoms with Gasteiger partial charge in [-0.25, -0.2) is 0 Å². The van der Waals surface area contributed by atoms with Crippen LogP contribution in [0.1, 0.15) is 5.56 Å². The van der Waals surface area contributed by atoms with Crippen LogP contribution in [0.4, 0.5) is 0 Å². The number of aromatic hydroxyl groups is 1. The minimum Gasteiger partial charge on any atom is -0.508 e. The van der Waals surface area contributed by atoms with Gasteiger partial charge in [-0.2, -0.15) is 0 Å². The largest absolute Gasteiger partial charge is 0.508 e. The third kappa shape index (κ3) is 2.84. The monoisotopic (exact) mass is 206 g/mol. The predicted molar refractivity (Wildman–Crippen MR) is 54.5 cm³/mol. The molecule has 0 atom stereocenters. The molecule has 78 valence electrons. The molecule has 0 spiro atoms. The third-order valence-electron chi connectivity index (χ3n) is 1.73. The van der Waals surface area contributed by atoms with Gasteiger partial charge in [-0.1, -0.05) is 12.1 Å². The van der Waals surface area contributed by atoms with Crippen LogP contribution in [0.2, 0.25) is 0 Å². The molecule has 0 unspecified atom stereocenters. The molecule has 0 fully saturated rings. The Balaban J connectivity index is 3.16. The highest BCUT2D eigenvalue weighted by molar-refractivity contribution is 6.22. The van der Waals surface area contributed by atoms with E-state index in [0.717, 1.165) is 6.08 Å². The van der Waals surface area contributed by atoms with Gasteiger partial charge >= 0.3 is 0 Å². The van der Waals surface area contributed by atoms with Crippen molar-refractivity contribution in [1.29, 1.82) is 0 Å². The summed E-state index contributed by atoms with van der Waals surface area (Å²) >= 11 is 0. The van der Waals surface area contributed by atoms with E-state index in [4.69, 9.17) is 16.6 Å². The second-order valence-electron chi connectivity index (χ2n) is 2.87. The number of benzene rings is 1. The number of carbonyl (C=O) groups excluding carboxylic acids is 2. The van der Waals surface area contributed by atoms with Crippen molar-refractivity contribution in [2.45, 2.75) is 0 Å². The van der Waals surface area contributed by atoms with Crippen LogP contribution in [-0.4, -0.2) is 16.9 Å². The first kappa shape index (κ1) is 10.8. The Bertz CT molecular complexity index is 421. The Morgan fingerprint density at radius 1 is 1.13 bits per heavy atom. The average molecular weight is 206 g/mol. The van der Waals surface area contributed by atoms with Crippen molar-refractivity contribution in [3.05, 3.63) is 35.9 Å². The zero-order chi connectivity index (χ0) is 11.4. The van der Waals surface area contributed by atoms with Gasteiger partial charge in [0, 0.05) is 6.08 Å². The molecule has 2 amide bonds. The SMILES string of the molecule is NC(=O)/C=C(\C(N)=O)c1ccc(O)cc1. The quantitative estimate of drug-likeness (QED) is 0.593. The summed E-state index contributed by atoms with van der Waals surface area (Å²) in [6, 6.07) is 5.70. The van der Waals surface area contributed by atoms with Crippen LogP contribution < -0.4 is 11.5 Å². The van der Waals surface area contributed by atoms with Gasteiger partial charge in [-0.3, -0.25) is 9.59 Å². The molecule has 0 heterocycles. The van der Waals surface area contributed by atoms with Gasteiger partial charge in [0.1, 0.15) is 5.75 Å². The first-order chi connectivity index (χ1) is 7.00. The zero-order valence-electron chi connectivity index (χ0n) is 7.81. The van der Waals surface area contributed by atoms with E-state index in [1.807, 2.05) is 0 Å². The van der Waals surface area contributed by atoms with Crippen LogP contribution in [-0.2, 0) is 9.59 Å². The summed E-state index contributed by atoms with van der Waals surface area (Å²) in [6.45, 7) is 0. The zero-order valence-corrected chi connectivity index (χ0v) is 7.81. The molecule has 5 N–H and O–H groups in total. The number of carbonyl (C=O) groups is 2. The van der Waals surface area contributed by atoms with Crippen LogP contribution in [0.5, 0.6) is 5.75 Å². The Labute approximate surface area is 86.0 Å². The molecule has 0 bridgehead atoms. The molecule has 0 saturated carbocycles. The fourth-order valence-corrected chi connectivity index (χ4v) is 1.08. The van der Waals surface area contributed by atoms with Crippen molar-refractivity contribution in [3.63, 3.8) is 0 Å². The first-order valence-electron chi connectivity index (χ1n) is 4.11. The van der Waals surface area contributed by atoms with Gasteiger partial charge in [0.2, 0.25) is 11.8 Å². The molecule has 0 radical (unpaired) electrons. The Kier molecular flexibility index (Phi) is 3.07. The lowest BCUT2D eigenvalue weighted by atomic mass is 10.0. The molecule has 0 aliphatic heterocycles. The molecular formula is C10H10N2O3. The fraction of sp³-hybridized carbons (Fsp3) is 0. The topological polar surface area (TPSA) is 106 Å². The lowest BCUT2D eigenvalue weighted by Crippen LogP contribution is -2.16. The average Bonchev–Trinajstić information content (AvgIpc) is 2.15. The van der Waals surface area contributed by atoms with Crippen LogP contribution in [0, 0.1) is 0 Å². The Morgan fingerprint density at radius 2 is 1.67 bits per heavy atom. The Morgan fingerprint density at radius 3 is 2.07 bits per heavy atom. The maximum atomic E-state index is 11.0. The van der Waals surface area contributed by atoms with E-state index in [1.165, 1.54) is 24.3 Å².